The van der Waals surface area contributed by atoms with E-state index in [0.717, 1.165) is 57.1 Å². The number of nitrogens with zero attached hydrogens (tertiary/aromatic N) is 3. The van der Waals surface area contributed by atoms with Crippen molar-refractivity contribution in [1.29, 1.82) is 0 Å². The van der Waals surface area contributed by atoms with E-state index in [0.29, 0.717) is 5.92 Å². The van der Waals surface area contributed by atoms with Gasteiger partial charge in [-0.15, -0.1) is 0 Å². The number of hydrogen-bond acceptors (Lipinski definition) is 2. The molecule has 3 aromatic rings. The van der Waals surface area contributed by atoms with Crippen LogP contribution in [0.1, 0.15) is 24.3 Å². The summed E-state index contributed by atoms with van der Waals surface area (Å²) in [6.07, 6.45) is 4.57. The van der Waals surface area contributed by atoms with Crippen LogP contribution >= 0.6 is 11.6 Å². The first-order chi connectivity index (χ1) is 14.7. The Labute approximate surface area is 182 Å². The monoisotopic (exact) mass is 422 g/mol. The van der Waals surface area contributed by atoms with Gasteiger partial charge in [0, 0.05) is 48.5 Å². The van der Waals surface area contributed by atoms with Gasteiger partial charge in [-0.3, -0.25) is 0 Å². The summed E-state index contributed by atoms with van der Waals surface area (Å²) in [5.74, 6) is 0.530. The predicted octanol–water partition coefficient (Wildman–Crippen LogP) is 4.49. The van der Waals surface area contributed by atoms with Crippen molar-refractivity contribution in [2.45, 2.75) is 18.8 Å². The Balaban J connectivity index is 1.33. The fourth-order valence-corrected chi connectivity index (χ4v) is 4.98. The molecule has 0 aliphatic carbocycles. The molecular formula is C24H27ClN4O. The van der Waals surface area contributed by atoms with E-state index in [-0.39, 0.29) is 6.03 Å². The van der Waals surface area contributed by atoms with Gasteiger partial charge in [0.2, 0.25) is 0 Å². The van der Waals surface area contributed by atoms with E-state index in [9.17, 15) is 4.79 Å². The lowest BCUT2D eigenvalue weighted by Crippen LogP contribution is -2.40. The van der Waals surface area contributed by atoms with Crippen LogP contribution in [0.5, 0.6) is 0 Å². The quantitative estimate of drug-likeness (QED) is 0.658. The van der Waals surface area contributed by atoms with Crippen LogP contribution in [0.3, 0.4) is 0 Å². The summed E-state index contributed by atoms with van der Waals surface area (Å²) in [6, 6.07) is 16.8. The number of nitrogens with one attached hydrogen (secondary N) is 1. The van der Waals surface area contributed by atoms with E-state index in [1.807, 2.05) is 11.0 Å². The summed E-state index contributed by atoms with van der Waals surface area (Å²) >= 11 is 6.37. The molecule has 0 saturated carbocycles. The lowest BCUT2D eigenvalue weighted by molar-refractivity contribution is 0.181. The predicted molar refractivity (Wildman–Crippen MR) is 122 cm³/mol. The van der Waals surface area contributed by atoms with Crippen molar-refractivity contribution in [1.82, 2.24) is 19.7 Å². The minimum absolute atomic E-state index is 0.0792. The van der Waals surface area contributed by atoms with Gasteiger partial charge < -0.3 is 19.7 Å². The number of fused-ring (bicyclic) bond motifs is 1. The van der Waals surface area contributed by atoms with Crippen LogP contribution in [0.2, 0.25) is 5.02 Å². The number of para-hydroxylation sites is 1. The number of benzene rings is 2. The summed E-state index contributed by atoms with van der Waals surface area (Å²) in [5.41, 5.74) is 3.79. The smallest absolute Gasteiger partial charge is 0.317 e. The molecule has 3 heterocycles. The van der Waals surface area contributed by atoms with E-state index in [4.69, 9.17) is 11.6 Å². The molecule has 0 spiro atoms. The fraction of sp³-hybridized carbons (Fsp3) is 0.375. The Morgan fingerprint density at radius 2 is 1.80 bits per heavy atom. The first-order valence-corrected chi connectivity index (χ1v) is 11.2. The molecule has 2 aliphatic heterocycles. The normalized spacial score (nSPS) is 18.3. The van der Waals surface area contributed by atoms with Crippen molar-refractivity contribution in [3.63, 3.8) is 0 Å². The zero-order chi connectivity index (χ0) is 20.5. The van der Waals surface area contributed by atoms with E-state index in [1.165, 1.54) is 22.2 Å². The zero-order valence-corrected chi connectivity index (χ0v) is 17.8. The van der Waals surface area contributed by atoms with Crippen molar-refractivity contribution < 1.29 is 4.79 Å². The largest absolute Gasteiger partial charge is 0.336 e. The number of aromatic nitrogens is 1. The van der Waals surface area contributed by atoms with Crippen molar-refractivity contribution >= 4 is 28.5 Å². The second-order valence-electron chi connectivity index (χ2n) is 8.29. The average molecular weight is 423 g/mol. The van der Waals surface area contributed by atoms with Gasteiger partial charge in [-0.25, -0.2) is 4.79 Å². The highest BCUT2D eigenvalue weighted by Gasteiger charge is 2.25. The number of halogens is 1. The lowest BCUT2D eigenvalue weighted by atomic mass is 9.89. The molecule has 30 heavy (non-hydrogen) atoms. The Morgan fingerprint density at radius 1 is 1.00 bits per heavy atom. The summed E-state index contributed by atoms with van der Waals surface area (Å²) < 4.78 is 2.29. The summed E-state index contributed by atoms with van der Waals surface area (Å²) in [7, 11) is 0. The van der Waals surface area contributed by atoms with Crippen LogP contribution < -0.4 is 5.32 Å². The van der Waals surface area contributed by atoms with Crippen molar-refractivity contribution in [2.75, 3.05) is 39.3 Å². The maximum Gasteiger partial charge on any atom is 0.317 e. The van der Waals surface area contributed by atoms with E-state index in [2.05, 4.69) is 63.4 Å². The van der Waals surface area contributed by atoms with E-state index in [1.54, 1.807) is 0 Å². The van der Waals surface area contributed by atoms with Crippen molar-refractivity contribution in [3.8, 4) is 5.69 Å². The summed E-state index contributed by atoms with van der Waals surface area (Å²) in [4.78, 5) is 16.1. The second kappa shape index (κ2) is 8.32. The summed E-state index contributed by atoms with van der Waals surface area (Å²) in [5, 5.41) is 4.93. The van der Waals surface area contributed by atoms with Crippen LogP contribution in [0.4, 0.5) is 4.79 Å². The number of likely N-dealkylation sites (tertiary alicyclic amines) is 1. The maximum absolute atomic E-state index is 11.7. The number of rotatable bonds is 5. The molecule has 0 atom stereocenters. The molecule has 1 aromatic heterocycles. The number of amides is 2. The molecule has 0 radical (unpaired) electrons. The number of hydrogen-bond donors (Lipinski definition) is 1. The molecule has 2 aliphatic rings. The maximum atomic E-state index is 11.7. The standard InChI is InChI=1S/C24H27ClN4O/c25-19-6-7-23-21(16-19)22(17-29(23)20-4-2-1-3-5-20)18-8-11-27(12-9-18)14-15-28-13-10-26-24(28)30/h1-7,16-18H,8-15H2,(H,26,30). The molecule has 0 unspecified atom stereocenters. The van der Waals surface area contributed by atoms with Crippen molar-refractivity contribution in [3.05, 3.63) is 65.3 Å². The Bertz CT molecular complexity index is 1040. The lowest BCUT2D eigenvalue weighted by Gasteiger charge is -2.32. The third-order valence-corrected chi connectivity index (χ3v) is 6.73. The molecule has 156 valence electrons. The van der Waals surface area contributed by atoms with Crippen LogP contribution in [-0.4, -0.2) is 59.7 Å². The molecule has 0 bridgehead atoms. The zero-order valence-electron chi connectivity index (χ0n) is 17.1. The van der Waals surface area contributed by atoms with Gasteiger partial charge in [-0.05, 0) is 67.7 Å². The average Bonchev–Trinajstić information content (AvgIpc) is 3.36. The summed E-state index contributed by atoms with van der Waals surface area (Å²) in [6.45, 7) is 5.51. The molecule has 2 fully saturated rings. The second-order valence-corrected chi connectivity index (χ2v) is 8.72. The Morgan fingerprint density at radius 3 is 2.53 bits per heavy atom. The van der Waals surface area contributed by atoms with Crippen molar-refractivity contribution in [2.24, 2.45) is 0 Å². The third-order valence-electron chi connectivity index (χ3n) is 6.49. The van der Waals surface area contributed by atoms with Gasteiger partial charge in [0.25, 0.3) is 0 Å². The molecule has 5 nitrogen and oxygen atoms in total. The molecule has 1 N–H and O–H groups in total. The number of carbonyl (C=O) groups is 1. The minimum atomic E-state index is 0.0792. The first-order valence-electron chi connectivity index (χ1n) is 10.8. The fourth-order valence-electron chi connectivity index (χ4n) is 4.81. The van der Waals surface area contributed by atoms with Crippen LogP contribution in [0.25, 0.3) is 16.6 Å². The minimum Gasteiger partial charge on any atom is -0.336 e. The highest BCUT2D eigenvalue weighted by molar-refractivity contribution is 6.31. The SMILES string of the molecule is O=C1NCCN1CCN1CCC(c2cn(-c3ccccc3)c3ccc(Cl)cc23)CC1. The van der Waals surface area contributed by atoms with E-state index < -0.39 is 0 Å². The highest BCUT2D eigenvalue weighted by atomic mass is 35.5. The van der Waals surface area contributed by atoms with Crippen LogP contribution in [-0.2, 0) is 0 Å². The van der Waals surface area contributed by atoms with Gasteiger partial charge >= 0.3 is 6.03 Å². The van der Waals surface area contributed by atoms with Gasteiger partial charge in [-0.2, -0.15) is 0 Å². The van der Waals surface area contributed by atoms with Crippen LogP contribution in [0.15, 0.2) is 54.7 Å². The number of piperidine rings is 1. The number of urea groups is 1. The van der Waals surface area contributed by atoms with Gasteiger partial charge in [0.05, 0.1) is 5.52 Å². The Kier molecular flexibility index (Phi) is 5.40. The third kappa shape index (κ3) is 3.80. The molecule has 5 rings (SSSR count). The Hall–Kier alpha value is -2.50. The molecular weight excluding hydrogens is 396 g/mol. The molecule has 2 aromatic carbocycles. The molecule has 2 amide bonds. The highest BCUT2D eigenvalue weighted by Crippen LogP contribution is 2.36. The van der Waals surface area contributed by atoms with Gasteiger partial charge in [-0.1, -0.05) is 29.8 Å². The molecule has 6 heteroatoms. The van der Waals surface area contributed by atoms with Gasteiger partial charge in [0.1, 0.15) is 0 Å². The first kappa shape index (κ1) is 19.5. The topological polar surface area (TPSA) is 40.5 Å². The number of carbonyl (C=O) groups excluding carboxylic acids is 1. The van der Waals surface area contributed by atoms with E-state index >= 15 is 0 Å². The molecule has 2 saturated heterocycles. The van der Waals surface area contributed by atoms with Gasteiger partial charge in [0.15, 0.2) is 0 Å². The van der Waals surface area contributed by atoms with Crippen LogP contribution in [0, 0.1) is 0 Å².